The van der Waals surface area contributed by atoms with Gasteiger partial charge in [0.25, 0.3) is 0 Å². The van der Waals surface area contributed by atoms with E-state index in [0.29, 0.717) is 0 Å². The maximum atomic E-state index is 6.55. The molecule has 0 atom stereocenters. The van der Waals surface area contributed by atoms with Crippen molar-refractivity contribution < 1.29 is 4.43 Å². The van der Waals surface area contributed by atoms with Gasteiger partial charge in [-0.15, -0.1) is 0 Å². The Morgan fingerprint density at radius 1 is 0.966 bits per heavy atom. The summed E-state index contributed by atoms with van der Waals surface area (Å²) < 4.78 is 15.0. The summed E-state index contributed by atoms with van der Waals surface area (Å²) in [7, 11) is 0.460. The molecule has 1 aromatic heterocycles. The Balaban J connectivity index is 3.14. The molecule has 0 bridgehead atoms. The minimum atomic E-state index is -2.45. The van der Waals surface area contributed by atoms with Crippen molar-refractivity contribution in [1.29, 1.82) is 0 Å². The molecule has 1 heterocycles. The van der Waals surface area contributed by atoms with E-state index < -0.39 is 26.7 Å². The molecule has 0 aromatic carbocycles. The van der Waals surface area contributed by atoms with Gasteiger partial charge in [-0.2, -0.15) is 0 Å². The average molecular weight is 529 g/mol. The molecule has 0 radical (unpaired) electrons. The molecule has 1 aromatic rings. The number of rotatable bonds is 14. The molecular weight excluding hydrogens is 479 g/mol. The van der Waals surface area contributed by atoms with E-state index in [-0.39, 0.29) is 5.04 Å². The van der Waals surface area contributed by atoms with Crippen LogP contribution in [0, 0.1) is 0 Å². The van der Waals surface area contributed by atoms with Gasteiger partial charge >= 0.3 is 188 Å². The Hall–Kier alpha value is 0.186. The van der Waals surface area contributed by atoms with Crippen LogP contribution in [0.3, 0.4) is 0 Å². The SMILES string of the molecule is CCC[CH2][Sn]([CH2]CCC)([CH2]CCC)[c]1cnn(C)c1CCO[Si](C)(C)C(C)(C)C. The standard InChI is InChI=1S/C12H23N2OSi.3C4H9.Sn/c1-12(2,3)16(5,6)15-10-8-11-7-9-13-14(11)4;3*1-3-4-2;/h9H,8,10H2,1-6H3;3*1,3-4H2,2H3;. The second kappa shape index (κ2) is 12.3. The number of unbranched alkanes of at least 4 members (excludes halogenated alkanes) is 3. The van der Waals surface area contributed by atoms with E-state index >= 15 is 0 Å². The van der Waals surface area contributed by atoms with E-state index in [2.05, 4.69) is 72.6 Å². The monoisotopic (exact) mass is 530 g/mol. The normalized spacial score (nSPS) is 13.3. The van der Waals surface area contributed by atoms with E-state index in [1.807, 2.05) is 0 Å². The van der Waals surface area contributed by atoms with Gasteiger partial charge in [0.1, 0.15) is 0 Å². The van der Waals surface area contributed by atoms with Gasteiger partial charge in [0, 0.05) is 0 Å². The van der Waals surface area contributed by atoms with Crippen LogP contribution < -0.4 is 3.58 Å². The summed E-state index contributed by atoms with van der Waals surface area (Å²) in [6.07, 6.45) is 11.5. The molecular formula is C24H50N2OSiSn. The first-order valence-electron chi connectivity index (χ1n) is 12.2. The van der Waals surface area contributed by atoms with Crippen molar-refractivity contribution in [3.05, 3.63) is 11.9 Å². The molecule has 0 aliphatic carbocycles. The molecule has 29 heavy (non-hydrogen) atoms. The first-order chi connectivity index (χ1) is 13.5. The van der Waals surface area contributed by atoms with Crippen molar-refractivity contribution in [3.8, 4) is 0 Å². The fourth-order valence-electron chi connectivity index (χ4n) is 4.15. The van der Waals surface area contributed by atoms with Crippen LogP contribution in [0.5, 0.6) is 0 Å². The molecule has 3 nitrogen and oxygen atoms in total. The summed E-state index contributed by atoms with van der Waals surface area (Å²) in [5.41, 5.74) is 1.50. The zero-order chi connectivity index (χ0) is 22.1. The number of aryl methyl sites for hydroxylation is 1. The van der Waals surface area contributed by atoms with Gasteiger partial charge in [-0.05, 0) is 0 Å². The van der Waals surface area contributed by atoms with Gasteiger partial charge in [-0.25, -0.2) is 0 Å². The third kappa shape index (κ3) is 7.67. The van der Waals surface area contributed by atoms with E-state index in [1.165, 1.54) is 57.5 Å². The molecule has 0 unspecified atom stereocenters. The second-order valence-corrected chi connectivity index (χ2v) is 28.5. The molecule has 5 heteroatoms. The van der Waals surface area contributed by atoms with Gasteiger partial charge in [-0.1, -0.05) is 0 Å². The van der Waals surface area contributed by atoms with Crippen molar-refractivity contribution in [1.82, 2.24) is 9.78 Å². The van der Waals surface area contributed by atoms with Crippen LogP contribution in [0.15, 0.2) is 6.20 Å². The van der Waals surface area contributed by atoms with E-state index in [9.17, 15) is 0 Å². The Bertz CT molecular complexity index is 570. The van der Waals surface area contributed by atoms with Crippen LogP contribution in [0.2, 0.25) is 31.4 Å². The molecule has 0 N–H and O–H groups in total. The van der Waals surface area contributed by atoms with Crippen LogP contribution in [0.1, 0.15) is 85.8 Å². The first-order valence-corrected chi connectivity index (χ1v) is 22.6. The summed E-state index contributed by atoms with van der Waals surface area (Å²) in [6, 6.07) is 0. The Labute approximate surface area is 187 Å². The predicted molar refractivity (Wildman–Crippen MR) is 135 cm³/mol. The Morgan fingerprint density at radius 3 is 1.86 bits per heavy atom. The number of hydrogen-bond donors (Lipinski definition) is 0. The van der Waals surface area contributed by atoms with Gasteiger partial charge in [-0.3, -0.25) is 0 Å². The fourth-order valence-corrected chi connectivity index (χ4v) is 22.0. The molecule has 0 fully saturated rings. The Kier molecular flexibility index (Phi) is 11.5. The third-order valence-corrected chi connectivity index (χ3v) is 27.5. The molecule has 0 aliphatic rings. The maximum absolute atomic E-state index is 6.55. The Morgan fingerprint density at radius 2 is 1.45 bits per heavy atom. The average Bonchev–Trinajstić information content (AvgIpc) is 3.02. The van der Waals surface area contributed by atoms with E-state index in [1.54, 1.807) is 3.58 Å². The fraction of sp³-hybridized carbons (Fsp3) is 0.875. The first kappa shape index (κ1) is 27.2. The van der Waals surface area contributed by atoms with Crippen molar-refractivity contribution in [3.63, 3.8) is 0 Å². The van der Waals surface area contributed by atoms with Crippen LogP contribution >= 0.6 is 0 Å². The molecule has 0 amide bonds. The molecule has 0 saturated carbocycles. The van der Waals surface area contributed by atoms with E-state index in [4.69, 9.17) is 9.52 Å². The summed E-state index contributed by atoms with van der Waals surface area (Å²) in [5.74, 6) is 0. The summed E-state index contributed by atoms with van der Waals surface area (Å²) in [4.78, 5) is 0. The second-order valence-electron chi connectivity index (χ2n) is 10.6. The predicted octanol–water partition coefficient (Wildman–Crippen LogP) is 7.04. The molecule has 1 rings (SSSR count). The van der Waals surface area contributed by atoms with Crippen molar-refractivity contribution in [2.24, 2.45) is 7.05 Å². The van der Waals surface area contributed by atoms with Gasteiger partial charge in [0.15, 0.2) is 0 Å². The summed E-state index contributed by atoms with van der Waals surface area (Å²) >= 11 is -2.45. The zero-order valence-electron chi connectivity index (χ0n) is 21.2. The van der Waals surface area contributed by atoms with Gasteiger partial charge in [0.05, 0.1) is 0 Å². The van der Waals surface area contributed by atoms with Crippen LogP contribution in [-0.2, 0) is 17.9 Å². The zero-order valence-corrected chi connectivity index (χ0v) is 25.0. The van der Waals surface area contributed by atoms with Crippen LogP contribution in [0.4, 0.5) is 0 Å². The van der Waals surface area contributed by atoms with Crippen LogP contribution in [-0.4, -0.2) is 43.1 Å². The van der Waals surface area contributed by atoms with Crippen molar-refractivity contribution in [2.45, 2.75) is 118 Å². The number of hydrogen-bond acceptors (Lipinski definition) is 2. The van der Waals surface area contributed by atoms with E-state index in [0.717, 1.165) is 13.0 Å². The summed E-state index contributed by atoms with van der Waals surface area (Å²) in [5, 5.41) is 5.07. The number of nitrogens with zero attached hydrogens (tertiary/aromatic N) is 2. The molecule has 0 saturated heterocycles. The topological polar surface area (TPSA) is 27.1 Å². The van der Waals surface area contributed by atoms with Crippen molar-refractivity contribution >= 4 is 30.3 Å². The molecule has 0 aliphatic heterocycles. The van der Waals surface area contributed by atoms with Gasteiger partial charge in [0.2, 0.25) is 0 Å². The van der Waals surface area contributed by atoms with Crippen molar-refractivity contribution in [2.75, 3.05) is 6.61 Å². The number of aromatic nitrogens is 2. The molecule has 170 valence electrons. The van der Waals surface area contributed by atoms with Gasteiger partial charge < -0.3 is 0 Å². The summed E-state index contributed by atoms with van der Waals surface area (Å²) in [6.45, 7) is 19.6. The van der Waals surface area contributed by atoms with Crippen LogP contribution in [0.25, 0.3) is 0 Å². The quantitative estimate of drug-likeness (QED) is 0.242. The minimum absolute atomic E-state index is 0.272. The third-order valence-electron chi connectivity index (χ3n) is 7.27. The molecule has 0 spiro atoms.